The van der Waals surface area contributed by atoms with Gasteiger partial charge in [0.15, 0.2) is 11.5 Å². The van der Waals surface area contributed by atoms with Gasteiger partial charge in [-0.3, -0.25) is 14.9 Å². The van der Waals surface area contributed by atoms with Crippen molar-refractivity contribution >= 4 is 28.5 Å². The molecule has 5 aromatic rings. The number of hydrogen-bond acceptors (Lipinski definition) is 11. The number of benzene rings is 1. The van der Waals surface area contributed by atoms with E-state index in [0.717, 1.165) is 62.0 Å². The highest BCUT2D eigenvalue weighted by atomic mass is 16.2. The van der Waals surface area contributed by atoms with E-state index in [1.54, 1.807) is 34.7 Å². The molecule has 14 nitrogen and oxygen atoms in total. The summed E-state index contributed by atoms with van der Waals surface area (Å²) in [6.45, 7) is 5.14. The lowest BCUT2D eigenvalue weighted by Crippen LogP contribution is -2.39. The molecule has 2 saturated heterocycles. The zero-order valence-corrected chi connectivity index (χ0v) is 30.9. The van der Waals surface area contributed by atoms with Gasteiger partial charge in [-0.1, -0.05) is 29.5 Å². The van der Waals surface area contributed by atoms with E-state index in [1.807, 2.05) is 12.3 Å². The lowest BCUT2D eigenvalue weighted by Gasteiger charge is -2.34. The van der Waals surface area contributed by atoms with E-state index in [0.29, 0.717) is 59.0 Å². The third-order valence-electron chi connectivity index (χ3n) is 11.7. The highest BCUT2D eigenvalue weighted by molar-refractivity contribution is 6.00. The van der Waals surface area contributed by atoms with Crippen molar-refractivity contribution in [3.8, 4) is 23.6 Å². The smallest absolute Gasteiger partial charge is 0.234 e. The average molecular weight is 737 g/mol. The predicted molar refractivity (Wildman–Crippen MR) is 204 cm³/mol. The average Bonchev–Trinajstić information content (AvgIpc) is 3.88. The topological polar surface area (TPSA) is 183 Å². The van der Waals surface area contributed by atoms with Crippen LogP contribution in [0.4, 0.5) is 5.69 Å². The van der Waals surface area contributed by atoms with Crippen molar-refractivity contribution in [2.75, 3.05) is 25.0 Å². The number of imide groups is 1. The minimum Gasteiger partial charge on any atom is -0.368 e. The number of nitrogens with zero attached hydrogens (tertiary/aromatic N) is 10. The Kier molecular flexibility index (Phi) is 10.3. The number of hydrogen-bond donors (Lipinski definition) is 2. The molecule has 2 atom stereocenters. The lowest BCUT2D eigenvalue weighted by atomic mass is 9.79. The second-order valence-electron chi connectivity index (χ2n) is 15.2. The monoisotopic (exact) mass is 736 g/mol. The fraction of sp³-hybridized carbons (Fsp3) is 0.439. The number of carbonyl (C=O) groups is 2. The summed E-state index contributed by atoms with van der Waals surface area (Å²) in [4.78, 5) is 35.5. The molecule has 0 spiro atoms. The van der Waals surface area contributed by atoms with Crippen LogP contribution in [0.25, 0.3) is 22.5 Å². The molecule has 8 rings (SSSR count). The normalized spacial score (nSPS) is 21.5. The number of nitriles is 2. The number of carbonyl (C=O) groups excluding carboxylic acids is 2. The molecule has 1 aromatic carbocycles. The Morgan fingerprint density at radius 1 is 0.927 bits per heavy atom. The van der Waals surface area contributed by atoms with Gasteiger partial charge in [0.05, 0.1) is 47.5 Å². The number of rotatable bonds is 10. The molecule has 3 aliphatic rings. The summed E-state index contributed by atoms with van der Waals surface area (Å²) in [6.07, 6.45) is 15.9. The first-order chi connectivity index (χ1) is 26.8. The van der Waals surface area contributed by atoms with Gasteiger partial charge in [-0.25, -0.2) is 14.6 Å². The number of likely N-dealkylation sites (tertiary alicyclic amines) is 1. The highest BCUT2D eigenvalue weighted by Crippen LogP contribution is 2.38. The molecule has 3 fully saturated rings. The SMILES string of the molecule is C[C@H](C#N)Nc1cc(-n2ncc3cc(C#N)cnc32)ncc1-n1cc(C2CCC(CCN3CCC(c4ccc(C5CCC(=O)NC5=O)cc4)CC3)CC2)nn1. The summed E-state index contributed by atoms with van der Waals surface area (Å²) < 4.78 is 3.35. The van der Waals surface area contributed by atoms with Crippen LogP contribution in [0.5, 0.6) is 0 Å². The molecule has 1 aliphatic carbocycles. The van der Waals surface area contributed by atoms with Crippen molar-refractivity contribution in [2.24, 2.45) is 5.92 Å². The van der Waals surface area contributed by atoms with Gasteiger partial charge in [0, 0.05) is 30.0 Å². The molecule has 2 N–H and O–H groups in total. The molecule has 2 aliphatic heterocycles. The third kappa shape index (κ3) is 7.82. The first-order valence-corrected chi connectivity index (χ1v) is 19.3. The lowest BCUT2D eigenvalue weighted by molar-refractivity contribution is -0.134. The predicted octanol–water partition coefficient (Wildman–Crippen LogP) is 5.66. The summed E-state index contributed by atoms with van der Waals surface area (Å²) in [7, 11) is 0. The molecular formula is C41H44N12O2. The molecule has 1 unspecified atom stereocenters. The Morgan fingerprint density at radius 2 is 1.71 bits per heavy atom. The molecule has 0 radical (unpaired) electrons. The quantitative estimate of drug-likeness (QED) is 0.169. The molecule has 280 valence electrons. The van der Waals surface area contributed by atoms with Crippen molar-refractivity contribution in [1.82, 2.24) is 45.0 Å². The number of piperidine rings is 2. The van der Waals surface area contributed by atoms with Gasteiger partial charge in [-0.2, -0.15) is 20.3 Å². The third-order valence-corrected chi connectivity index (χ3v) is 11.7. The van der Waals surface area contributed by atoms with Gasteiger partial charge in [0.2, 0.25) is 11.8 Å². The van der Waals surface area contributed by atoms with Crippen LogP contribution in [0.15, 0.2) is 61.2 Å². The van der Waals surface area contributed by atoms with Crippen molar-refractivity contribution in [2.45, 2.75) is 88.5 Å². The van der Waals surface area contributed by atoms with E-state index in [4.69, 9.17) is 0 Å². The van der Waals surface area contributed by atoms with Crippen LogP contribution in [0.1, 0.15) is 105 Å². The first kappa shape index (κ1) is 36.0. The number of fused-ring (bicyclic) bond motifs is 1. The minimum absolute atomic E-state index is 0.175. The maximum Gasteiger partial charge on any atom is 0.234 e. The molecule has 55 heavy (non-hydrogen) atoms. The maximum absolute atomic E-state index is 12.3. The van der Waals surface area contributed by atoms with E-state index in [1.165, 1.54) is 31.0 Å². The van der Waals surface area contributed by atoms with Gasteiger partial charge >= 0.3 is 0 Å². The maximum atomic E-state index is 12.3. The Hall–Kier alpha value is -5.99. The van der Waals surface area contributed by atoms with Crippen molar-refractivity contribution < 1.29 is 9.59 Å². The van der Waals surface area contributed by atoms with Crippen LogP contribution >= 0.6 is 0 Å². The van der Waals surface area contributed by atoms with Crippen LogP contribution in [-0.4, -0.2) is 77.1 Å². The number of nitrogens with one attached hydrogen (secondary N) is 2. The van der Waals surface area contributed by atoms with Gasteiger partial charge < -0.3 is 10.2 Å². The molecule has 0 bridgehead atoms. The summed E-state index contributed by atoms with van der Waals surface area (Å²) >= 11 is 0. The second-order valence-corrected chi connectivity index (χ2v) is 15.2. The van der Waals surface area contributed by atoms with Gasteiger partial charge in [0.25, 0.3) is 0 Å². The highest BCUT2D eigenvalue weighted by Gasteiger charge is 2.29. The van der Waals surface area contributed by atoms with Crippen LogP contribution in [0, 0.1) is 28.6 Å². The van der Waals surface area contributed by atoms with Crippen LogP contribution in [0.3, 0.4) is 0 Å². The van der Waals surface area contributed by atoms with E-state index < -0.39 is 6.04 Å². The standard InChI is InChI=1S/C41H44N12O2/c1-26(20-42)47-35-19-38(53-40-33(23-46-53)18-28(21-43)22-45-40)44-24-37(35)52-25-36(49-50-52)32-4-2-27(3-5-32)12-15-51-16-13-30(14-17-51)29-6-8-31(9-7-29)34-10-11-39(54)48-41(34)55/h6-9,18-19,22-27,30,32,34H,2-5,10-17H2,1H3,(H,44,47)(H,48,54,55)/t26-,27?,32?,34?/m1/s1. The van der Waals surface area contributed by atoms with Crippen molar-refractivity contribution in [3.63, 3.8) is 0 Å². The molecule has 1 saturated carbocycles. The Labute approximate surface area is 319 Å². The van der Waals surface area contributed by atoms with E-state index in [-0.39, 0.29) is 17.7 Å². The van der Waals surface area contributed by atoms with Gasteiger partial charge in [0.1, 0.15) is 17.8 Å². The Bertz CT molecular complexity index is 2270. The Balaban J connectivity index is 0.836. The van der Waals surface area contributed by atoms with Crippen molar-refractivity contribution in [1.29, 1.82) is 10.5 Å². The Morgan fingerprint density at radius 3 is 2.45 bits per heavy atom. The molecular weight excluding hydrogens is 693 g/mol. The van der Waals surface area contributed by atoms with Crippen molar-refractivity contribution in [3.05, 3.63) is 83.6 Å². The summed E-state index contributed by atoms with van der Waals surface area (Å²) in [5, 5.41) is 38.9. The fourth-order valence-electron chi connectivity index (χ4n) is 8.46. The zero-order valence-electron chi connectivity index (χ0n) is 30.9. The van der Waals surface area contributed by atoms with Crippen LogP contribution in [-0.2, 0) is 9.59 Å². The van der Waals surface area contributed by atoms with Gasteiger partial charge in [-0.15, -0.1) is 5.10 Å². The summed E-state index contributed by atoms with van der Waals surface area (Å²) in [5.41, 5.74) is 5.71. The summed E-state index contributed by atoms with van der Waals surface area (Å²) in [6, 6.07) is 16.0. The summed E-state index contributed by atoms with van der Waals surface area (Å²) in [5.74, 6) is 1.54. The van der Waals surface area contributed by atoms with Crippen LogP contribution < -0.4 is 10.6 Å². The van der Waals surface area contributed by atoms with Gasteiger partial charge in [-0.05, 0) is 107 Å². The minimum atomic E-state index is -0.463. The van der Waals surface area contributed by atoms with E-state index >= 15 is 0 Å². The van der Waals surface area contributed by atoms with E-state index in [2.05, 4.69) is 77.3 Å². The zero-order chi connectivity index (χ0) is 37.9. The molecule has 6 heterocycles. The molecule has 2 amide bonds. The van der Waals surface area contributed by atoms with E-state index in [9.17, 15) is 20.1 Å². The first-order valence-electron chi connectivity index (χ1n) is 19.3. The second kappa shape index (κ2) is 15.8. The number of pyridine rings is 2. The number of anilines is 1. The number of amides is 2. The molecule has 4 aromatic heterocycles. The molecule has 14 heteroatoms. The largest absolute Gasteiger partial charge is 0.368 e. The fourth-order valence-corrected chi connectivity index (χ4v) is 8.46. The van der Waals surface area contributed by atoms with Crippen LogP contribution in [0.2, 0.25) is 0 Å². The number of aromatic nitrogens is 7.